The van der Waals surface area contributed by atoms with Crippen LogP contribution in [0.1, 0.15) is 21.5 Å². The van der Waals surface area contributed by atoms with E-state index in [2.05, 4.69) is 0 Å². The van der Waals surface area contributed by atoms with Gasteiger partial charge in [-0.3, -0.25) is 0 Å². The molecule has 0 aliphatic heterocycles. The van der Waals surface area contributed by atoms with Crippen LogP contribution in [0.15, 0.2) is 54.6 Å². The normalized spacial score (nSPS) is 8.67. The summed E-state index contributed by atoms with van der Waals surface area (Å²) in [7, 11) is 0. The molecule has 0 saturated heterocycles. The first-order chi connectivity index (χ1) is 8.65. The molecule has 0 aliphatic carbocycles. The molecule has 0 heterocycles. The van der Waals surface area contributed by atoms with Gasteiger partial charge in [0, 0.05) is 0 Å². The molecule has 0 saturated carbocycles. The zero-order valence-corrected chi connectivity index (χ0v) is 10.00. The summed E-state index contributed by atoms with van der Waals surface area (Å²) in [6, 6.07) is 18.1. The lowest BCUT2D eigenvalue weighted by Gasteiger charge is -1.96. The number of nitriles is 1. The number of hydrogen-bond acceptors (Lipinski definition) is 2. The summed E-state index contributed by atoms with van der Waals surface area (Å²) in [4.78, 5) is 10.4. The van der Waals surface area contributed by atoms with E-state index in [0.29, 0.717) is 11.1 Å². The highest BCUT2D eigenvalue weighted by molar-refractivity contribution is 5.89. The van der Waals surface area contributed by atoms with Gasteiger partial charge in [-0.05, 0) is 30.7 Å². The Hall–Kier alpha value is -2.60. The van der Waals surface area contributed by atoms with E-state index in [9.17, 15) is 4.79 Å². The van der Waals surface area contributed by atoms with Crippen LogP contribution >= 0.6 is 0 Å². The molecule has 3 heteroatoms. The Balaban J connectivity index is 0.000000184. The lowest BCUT2D eigenvalue weighted by molar-refractivity contribution is 0.0696. The van der Waals surface area contributed by atoms with E-state index in [4.69, 9.17) is 10.4 Å². The fraction of sp³-hybridized carbons (Fsp3) is 0.0667. The second-order valence-corrected chi connectivity index (χ2v) is 3.60. The highest BCUT2D eigenvalue weighted by Crippen LogP contribution is 2.05. The van der Waals surface area contributed by atoms with Gasteiger partial charge in [0.1, 0.15) is 0 Å². The molecule has 0 aromatic heterocycles. The highest BCUT2D eigenvalue weighted by Gasteiger charge is 2.02. The summed E-state index contributed by atoms with van der Waals surface area (Å²) in [5.74, 6) is -0.863. The predicted octanol–water partition coefficient (Wildman–Crippen LogP) is 3.25. The van der Waals surface area contributed by atoms with Crippen molar-refractivity contribution in [1.29, 1.82) is 5.26 Å². The largest absolute Gasteiger partial charge is 0.478 e. The van der Waals surface area contributed by atoms with Gasteiger partial charge >= 0.3 is 5.97 Å². The van der Waals surface area contributed by atoms with Gasteiger partial charge in [-0.25, -0.2) is 4.79 Å². The van der Waals surface area contributed by atoms with E-state index >= 15 is 0 Å². The SMILES string of the molecule is Cc1ccccc1C(=O)O.N#Cc1ccccc1. The minimum Gasteiger partial charge on any atom is -0.478 e. The number of rotatable bonds is 1. The zero-order chi connectivity index (χ0) is 13.4. The van der Waals surface area contributed by atoms with Crippen molar-refractivity contribution >= 4 is 5.97 Å². The van der Waals surface area contributed by atoms with E-state index in [-0.39, 0.29) is 0 Å². The first-order valence-corrected chi connectivity index (χ1v) is 5.39. The minimum atomic E-state index is -0.863. The van der Waals surface area contributed by atoms with Crippen LogP contribution in [0.25, 0.3) is 0 Å². The Labute approximate surface area is 106 Å². The second-order valence-electron chi connectivity index (χ2n) is 3.60. The molecule has 3 nitrogen and oxygen atoms in total. The van der Waals surface area contributed by atoms with Crippen LogP contribution in [0.2, 0.25) is 0 Å². The van der Waals surface area contributed by atoms with Crippen molar-refractivity contribution < 1.29 is 9.90 Å². The zero-order valence-electron chi connectivity index (χ0n) is 10.00. The maximum absolute atomic E-state index is 10.4. The molecule has 0 atom stereocenters. The van der Waals surface area contributed by atoms with Gasteiger partial charge in [0.15, 0.2) is 0 Å². The highest BCUT2D eigenvalue weighted by atomic mass is 16.4. The summed E-state index contributed by atoms with van der Waals surface area (Å²) >= 11 is 0. The number of aryl methyl sites for hydroxylation is 1. The van der Waals surface area contributed by atoms with E-state index in [1.807, 2.05) is 30.3 Å². The Morgan fingerprint density at radius 2 is 1.61 bits per heavy atom. The molecule has 2 aromatic carbocycles. The standard InChI is InChI=1S/C8H8O2.C7H5N/c1-6-4-2-3-5-7(6)8(9)10;8-6-7-4-2-1-3-5-7/h2-5H,1H3,(H,9,10);1-5H. The van der Waals surface area contributed by atoms with Gasteiger partial charge in [0.25, 0.3) is 0 Å². The Morgan fingerprint density at radius 1 is 1.06 bits per heavy atom. The van der Waals surface area contributed by atoms with Gasteiger partial charge in [-0.15, -0.1) is 0 Å². The van der Waals surface area contributed by atoms with Crippen LogP contribution in [0.4, 0.5) is 0 Å². The third kappa shape index (κ3) is 4.11. The van der Waals surface area contributed by atoms with Gasteiger partial charge in [0.2, 0.25) is 0 Å². The molecule has 0 bridgehead atoms. The second kappa shape index (κ2) is 6.87. The maximum Gasteiger partial charge on any atom is 0.335 e. The van der Waals surface area contributed by atoms with Crippen LogP contribution < -0.4 is 0 Å². The molecule has 2 rings (SSSR count). The van der Waals surface area contributed by atoms with E-state index in [1.54, 1.807) is 37.3 Å². The topological polar surface area (TPSA) is 61.1 Å². The Kier molecular flexibility index (Phi) is 5.14. The number of hydrogen-bond donors (Lipinski definition) is 1. The summed E-state index contributed by atoms with van der Waals surface area (Å²) in [5, 5.41) is 16.9. The molecular weight excluding hydrogens is 226 g/mol. The monoisotopic (exact) mass is 239 g/mol. The first-order valence-electron chi connectivity index (χ1n) is 5.39. The van der Waals surface area contributed by atoms with Crippen LogP contribution in [-0.2, 0) is 0 Å². The molecular formula is C15H13NO2. The molecule has 0 aliphatic rings. The van der Waals surface area contributed by atoms with Gasteiger partial charge < -0.3 is 5.11 Å². The quantitative estimate of drug-likeness (QED) is 0.830. The molecule has 0 fully saturated rings. The number of nitrogens with zero attached hydrogens (tertiary/aromatic N) is 1. The summed E-state index contributed by atoms with van der Waals surface area (Å²) in [6.45, 7) is 1.78. The number of carbonyl (C=O) groups is 1. The van der Waals surface area contributed by atoms with Crippen molar-refractivity contribution in [1.82, 2.24) is 0 Å². The molecule has 0 unspecified atom stereocenters. The van der Waals surface area contributed by atoms with Crippen molar-refractivity contribution in [3.05, 3.63) is 71.3 Å². The number of carboxylic acid groups (broad SMARTS) is 1. The van der Waals surface area contributed by atoms with Crippen LogP contribution in [0.5, 0.6) is 0 Å². The molecule has 1 N–H and O–H groups in total. The van der Waals surface area contributed by atoms with Gasteiger partial charge in [-0.1, -0.05) is 36.4 Å². The maximum atomic E-state index is 10.4. The Bertz CT molecular complexity index is 556. The molecule has 18 heavy (non-hydrogen) atoms. The number of aromatic carboxylic acids is 1. The Morgan fingerprint density at radius 3 is 2.00 bits per heavy atom. The van der Waals surface area contributed by atoms with Crippen molar-refractivity contribution in [2.24, 2.45) is 0 Å². The molecule has 2 aromatic rings. The van der Waals surface area contributed by atoms with E-state index < -0.39 is 5.97 Å². The number of carboxylic acids is 1. The average molecular weight is 239 g/mol. The van der Waals surface area contributed by atoms with Crippen molar-refractivity contribution in [2.75, 3.05) is 0 Å². The fourth-order valence-electron chi connectivity index (χ4n) is 1.33. The summed E-state index contributed by atoms with van der Waals surface area (Å²) in [5.41, 5.74) is 1.89. The van der Waals surface area contributed by atoms with Crippen LogP contribution in [-0.4, -0.2) is 11.1 Å². The molecule has 0 spiro atoms. The fourth-order valence-corrected chi connectivity index (χ4v) is 1.33. The predicted molar refractivity (Wildman–Crippen MR) is 69.3 cm³/mol. The van der Waals surface area contributed by atoms with Gasteiger partial charge in [0.05, 0.1) is 17.2 Å². The smallest absolute Gasteiger partial charge is 0.335 e. The van der Waals surface area contributed by atoms with Crippen molar-refractivity contribution in [3.8, 4) is 6.07 Å². The van der Waals surface area contributed by atoms with Crippen molar-refractivity contribution in [3.63, 3.8) is 0 Å². The van der Waals surface area contributed by atoms with Crippen LogP contribution in [0, 0.1) is 18.3 Å². The van der Waals surface area contributed by atoms with Crippen LogP contribution in [0.3, 0.4) is 0 Å². The van der Waals surface area contributed by atoms with E-state index in [1.165, 1.54) is 0 Å². The first kappa shape index (κ1) is 13.5. The third-order valence-electron chi connectivity index (χ3n) is 2.28. The summed E-state index contributed by atoms with van der Waals surface area (Å²) < 4.78 is 0. The molecule has 0 amide bonds. The van der Waals surface area contributed by atoms with Gasteiger partial charge in [-0.2, -0.15) is 5.26 Å². The minimum absolute atomic E-state index is 0.377. The average Bonchev–Trinajstić information content (AvgIpc) is 2.40. The third-order valence-corrected chi connectivity index (χ3v) is 2.28. The van der Waals surface area contributed by atoms with Crippen molar-refractivity contribution in [2.45, 2.75) is 6.92 Å². The molecule has 90 valence electrons. The molecule has 0 radical (unpaired) electrons. The lowest BCUT2D eigenvalue weighted by Crippen LogP contribution is -1.97. The lowest BCUT2D eigenvalue weighted by atomic mass is 10.1. The summed E-state index contributed by atoms with van der Waals surface area (Å²) in [6.07, 6.45) is 0. The van der Waals surface area contributed by atoms with E-state index in [0.717, 1.165) is 5.56 Å². The number of benzene rings is 2.